The van der Waals surface area contributed by atoms with Crippen molar-refractivity contribution in [3.63, 3.8) is 0 Å². The number of aromatic carboxylic acids is 1. The minimum atomic E-state index is -1.04. The van der Waals surface area contributed by atoms with Crippen LogP contribution in [0.4, 0.5) is 10.5 Å². The van der Waals surface area contributed by atoms with Gasteiger partial charge in [-0.3, -0.25) is 0 Å². The van der Waals surface area contributed by atoms with E-state index in [1.165, 1.54) is 25.0 Å². The number of urea groups is 1. The van der Waals surface area contributed by atoms with Crippen LogP contribution in [-0.2, 0) is 0 Å². The molecule has 114 valence electrons. The fraction of sp³-hybridized carbons (Fsp3) is 0.429. The van der Waals surface area contributed by atoms with Crippen LogP contribution in [0.15, 0.2) is 22.7 Å². The Morgan fingerprint density at radius 2 is 2.10 bits per heavy atom. The maximum absolute atomic E-state index is 11.8. The summed E-state index contributed by atoms with van der Waals surface area (Å²) < 4.78 is 0.603. The predicted molar refractivity (Wildman–Crippen MR) is 83.8 cm³/mol. The molecule has 0 unspecified atom stereocenters. The third kappa shape index (κ3) is 5.02. The van der Waals surface area contributed by atoms with Crippen LogP contribution < -0.4 is 10.6 Å². The Balaban J connectivity index is 1.82. The third-order valence-corrected chi connectivity index (χ3v) is 3.78. The summed E-state index contributed by atoms with van der Waals surface area (Å²) in [6.45, 7) is 1.36. The fourth-order valence-electron chi connectivity index (χ4n) is 2.00. The summed E-state index contributed by atoms with van der Waals surface area (Å²) in [5.41, 5.74) is 0.558. The van der Waals surface area contributed by atoms with E-state index in [1.54, 1.807) is 6.07 Å². The molecule has 0 bridgehead atoms. The average Bonchev–Trinajstić information content (AvgIpc) is 3.21. The predicted octanol–water partition coefficient (Wildman–Crippen LogP) is 2.36. The van der Waals surface area contributed by atoms with E-state index in [0.717, 1.165) is 6.54 Å². The topological polar surface area (TPSA) is 81.7 Å². The van der Waals surface area contributed by atoms with Crippen LogP contribution >= 0.6 is 15.9 Å². The largest absolute Gasteiger partial charge is 0.478 e. The molecule has 0 atom stereocenters. The number of halogens is 1. The van der Waals surface area contributed by atoms with Crippen LogP contribution in [0.3, 0.4) is 0 Å². The van der Waals surface area contributed by atoms with Crippen LogP contribution in [0.1, 0.15) is 23.2 Å². The molecule has 6 nitrogen and oxygen atoms in total. The molecule has 2 amide bonds. The van der Waals surface area contributed by atoms with Crippen LogP contribution in [0.25, 0.3) is 0 Å². The second-order valence-electron chi connectivity index (χ2n) is 5.13. The summed E-state index contributed by atoms with van der Waals surface area (Å²) in [6.07, 6.45) is 2.47. The van der Waals surface area contributed by atoms with Crippen molar-refractivity contribution in [1.29, 1.82) is 0 Å². The Morgan fingerprint density at radius 1 is 1.38 bits per heavy atom. The number of carboxylic acids is 1. The van der Waals surface area contributed by atoms with Crippen LogP contribution in [0.2, 0.25) is 0 Å². The number of rotatable bonds is 6. The lowest BCUT2D eigenvalue weighted by Crippen LogP contribution is -2.36. The molecule has 1 fully saturated rings. The van der Waals surface area contributed by atoms with Crippen molar-refractivity contribution in [2.24, 2.45) is 0 Å². The number of anilines is 1. The minimum Gasteiger partial charge on any atom is -0.478 e. The average molecular weight is 356 g/mol. The maximum Gasteiger partial charge on any atom is 0.335 e. The van der Waals surface area contributed by atoms with E-state index >= 15 is 0 Å². The first kappa shape index (κ1) is 15.8. The molecule has 2 rings (SSSR count). The van der Waals surface area contributed by atoms with Gasteiger partial charge in [0, 0.05) is 29.3 Å². The lowest BCUT2D eigenvalue weighted by molar-refractivity contribution is 0.0697. The first-order chi connectivity index (χ1) is 9.95. The Kier molecular flexibility index (Phi) is 5.19. The molecule has 1 aromatic carbocycles. The van der Waals surface area contributed by atoms with Gasteiger partial charge >= 0.3 is 12.0 Å². The Morgan fingerprint density at radius 3 is 2.71 bits per heavy atom. The minimum absolute atomic E-state index is 0.119. The third-order valence-electron chi connectivity index (χ3n) is 3.32. The van der Waals surface area contributed by atoms with E-state index in [-0.39, 0.29) is 11.6 Å². The van der Waals surface area contributed by atoms with E-state index < -0.39 is 5.97 Å². The molecule has 3 N–H and O–H groups in total. The number of nitrogens with zero attached hydrogens (tertiary/aromatic N) is 1. The van der Waals surface area contributed by atoms with Crippen LogP contribution in [0, 0.1) is 0 Å². The van der Waals surface area contributed by atoms with E-state index in [2.05, 4.69) is 31.5 Å². The number of carboxylic acid groups (broad SMARTS) is 1. The number of carbonyl (C=O) groups is 2. The van der Waals surface area contributed by atoms with Crippen molar-refractivity contribution in [1.82, 2.24) is 10.2 Å². The SMILES string of the molecule is CN(CCNC(=O)Nc1cc(Br)cc(C(=O)O)c1)C1CC1. The van der Waals surface area contributed by atoms with Crippen molar-refractivity contribution in [3.05, 3.63) is 28.2 Å². The lowest BCUT2D eigenvalue weighted by atomic mass is 10.2. The monoisotopic (exact) mass is 355 g/mol. The van der Waals surface area contributed by atoms with Crippen LogP contribution in [0.5, 0.6) is 0 Å². The summed E-state index contributed by atoms with van der Waals surface area (Å²) in [5.74, 6) is -1.04. The van der Waals surface area contributed by atoms with Gasteiger partial charge in [0.2, 0.25) is 0 Å². The lowest BCUT2D eigenvalue weighted by Gasteiger charge is -2.16. The first-order valence-electron chi connectivity index (χ1n) is 6.74. The van der Waals surface area contributed by atoms with E-state index in [1.807, 2.05) is 7.05 Å². The van der Waals surface area contributed by atoms with Gasteiger partial charge in [-0.25, -0.2) is 9.59 Å². The van der Waals surface area contributed by atoms with Crippen molar-refractivity contribution in [2.45, 2.75) is 18.9 Å². The number of hydrogen-bond acceptors (Lipinski definition) is 3. The number of nitrogens with one attached hydrogen (secondary N) is 2. The second-order valence-corrected chi connectivity index (χ2v) is 6.04. The highest BCUT2D eigenvalue weighted by atomic mass is 79.9. The number of hydrogen-bond donors (Lipinski definition) is 3. The maximum atomic E-state index is 11.8. The van der Waals surface area contributed by atoms with Gasteiger partial charge in [-0.2, -0.15) is 0 Å². The molecule has 0 spiro atoms. The number of benzene rings is 1. The van der Waals surface area contributed by atoms with Gasteiger partial charge in [-0.05, 0) is 38.1 Å². The van der Waals surface area contributed by atoms with Crippen LogP contribution in [-0.4, -0.2) is 48.2 Å². The van der Waals surface area contributed by atoms with Crippen molar-refractivity contribution in [3.8, 4) is 0 Å². The van der Waals surface area contributed by atoms with Gasteiger partial charge in [-0.1, -0.05) is 15.9 Å². The smallest absolute Gasteiger partial charge is 0.335 e. The fourth-order valence-corrected chi connectivity index (χ4v) is 2.50. The Bertz CT molecular complexity index is 546. The second kappa shape index (κ2) is 6.91. The van der Waals surface area contributed by atoms with E-state index in [9.17, 15) is 9.59 Å². The molecular formula is C14H18BrN3O3. The molecule has 1 aliphatic carbocycles. The number of carbonyl (C=O) groups excluding carboxylic acids is 1. The number of amides is 2. The van der Waals surface area contributed by atoms with Crippen molar-refractivity contribution < 1.29 is 14.7 Å². The molecule has 0 heterocycles. The van der Waals surface area contributed by atoms with Gasteiger partial charge in [0.1, 0.15) is 0 Å². The highest BCUT2D eigenvalue weighted by Gasteiger charge is 2.25. The van der Waals surface area contributed by atoms with Gasteiger partial charge in [-0.15, -0.1) is 0 Å². The van der Waals surface area contributed by atoms with Crippen molar-refractivity contribution >= 4 is 33.6 Å². The molecule has 7 heteroatoms. The zero-order valence-corrected chi connectivity index (χ0v) is 13.3. The summed E-state index contributed by atoms with van der Waals surface area (Å²) in [6, 6.07) is 4.88. The van der Waals surface area contributed by atoms with Gasteiger partial charge in [0.25, 0.3) is 0 Å². The molecule has 0 saturated heterocycles. The summed E-state index contributed by atoms with van der Waals surface area (Å²) in [4.78, 5) is 24.9. The van der Waals surface area contributed by atoms with E-state index in [0.29, 0.717) is 22.7 Å². The zero-order chi connectivity index (χ0) is 15.4. The molecule has 0 aromatic heterocycles. The zero-order valence-electron chi connectivity index (χ0n) is 11.7. The summed E-state index contributed by atoms with van der Waals surface area (Å²) in [7, 11) is 2.05. The molecule has 21 heavy (non-hydrogen) atoms. The Labute approximate surface area is 131 Å². The molecule has 0 radical (unpaired) electrons. The number of likely N-dealkylation sites (N-methyl/N-ethyl adjacent to an activating group) is 1. The van der Waals surface area contributed by atoms with E-state index in [4.69, 9.17) is 5.11 Å². The highest BCUT2D eigenvalue weighted by molar-refractivity contribution is 9.10. The molecule has 1 saturated carbocycles. The molecule has 0 aliphatic heterocycles. The van der Waals surface area contributed by atoms with Gasteiger partial charge < -0.3 is 20.6 Å². The summed E-state index contributed by atoms with van der Waals surface area (Å²) in [5, 5.41) is 14.4. The molecule has 1 aromatic rings. The molecule has 1 aliphatic rings. The normalized spacial score (nSPS) is 14.0. The standard InChI is InChI=1S/C14H18BrN3O3/c1-18(12-2-3-12)5-4-16-14(21)17-11-7-9(13(19)20)6-10(15)8-11/h6-8,12H,2-5H2,1H3,(H,19,20)(H2,16,17,21). The van der Waals surface area contributed by atoms with Gasteiger partial charge in [0.15, 0.2) is 0 Å². The quantitative estimate of drug-likeness (QED) is 0.731. The Hall–Kier alpha value is -1.60. The highest BCUT2D eigenvalue weighted by Crippen LogP contribution is 2.24. The van der Waals surface area contributed by atoms with Crippen molar-refractivity contribution in [2.75, 3.05) is 25.5 Å². The summed E-state index contributed by atoms with van der Waals surface area (Å²) >= 11 is 3.22. The first-order valence-corrected chi connectivity index (χ1v) is 7.54. The van der Waals surface area contributed by atoms with Gasteiger partial charge in [0.05, 0.1) is 5.56 Å². The molecular weight excluding hydrogens is 338 g/mol.